The summed E-state index contributed by atoms with van der Waals surface area (Å²) in [5.41, 5.74) is 0. The first-order chi connectivity index (χ1) is 4.33. The third kappa shape index (κ3) is 1.83. The highest BCUT2D eigenvalue weighted by molar-refractivity contribution is 4.94. The van der Waals surface area contributed by atoms with E-state index in [2.05, 4.69) is 26.0 Å². The second kappa shape index (κ2) is 3.02. The van der Waals surface area contributed by atoms with Crippen LogP contribution in [0.5, 0.6) is 0 Å². The van der Waals surface area contributed by atoms with Gasteiger partial charge in [0.05, 0.1) is 12.2 Å². The molecule has 0 amide bonds. The van der Waals surface area contributed by atoms with Gasteiger partial charge in [-0.15, -0.1) is 0 Å². The lowest BCUT2D eigenvalue weighted by molar-refractivity contribution is 0.0159. The zero-order chi connectivity index (χ0) is 6.69. The molecule has 52 valence electrons. The number of rotatable bonds is 1. The lowest BCUT2D eigenvalue weighted by Gasteiger charge is -2.21. The van der Waals surface area contributed by atoms with Crippen molar-refractivity contribution in [2.75, 3.05) is 0 Å². The third-order valence-corrected chi connectivity index (χ3v) is 1.63. The molecule has 1 nitrogen and oxygen atoms in total. The van der Waals surface area contributed by atoms with Crippen LogP contribution >= 0.6 is 0 Å². The molecule has 0 aliphatic carbocycles. The van der Waals surface area contributed by atoms with Crippen molar-refractivity contribution in [2.24, 2.45) is 0 Å². The zero-order valence-corrected chi connectivity index (χ0v) is 6.13. The second-order valence-corrected chi connectivity index (χ2v) is 2.56. The van der Waals surface area contributed by atoms with Crippen molar-refractivity contribution < 1.29 is 4.74 Å². The summed E-state index contributed by atoms with van der Waals surface area (Å²) >= 11 is 0. The van der Waals surface area contributed by atoms with Gasteiger partial charge in [0, 0.05) is 0 Å². The van der Waals surface area contributed by atoms with E-state index < -0.39 is 0 Å². The van der Waals surface area contributed by atoms with Gasteiger partial charge in [-0.3, -0.25) is 0 Å². The fourth-order valence-corrected chi connectivity index (χ4v) is 1.05. The van der Waals surface area contributed by atoms with Crippen LogP contribution in [0, 0.1) is 0 Å². The Morgan fingerprint density at radius 2 is 2.44 bits per heavy atom. The number of hydrogen-bond donors (Lipinski definition) is 0. The molecule has 0 radical (unpaired) electrons. The third-order valence-electron chi connectivity index (χ3n) is 1.63. The Hall–Kier alpha value is -0.300. The minimum atomic E-state index is 0.383. The van der Waals surface area contributed by atoms with E-state index >= 15 is 0 Å². The molecular weight excluding hydrogens is 112 g/mol. The Morgan fingerprint density at radius 3 is 2.89 bits per heavy atom. The highest BCUT2D eigenvalue weighted by atomic mass is 16.5. The average molecular weight is 126 g/mol. The molecule has 9 heavy (non-hydrogen) atoms. The molecule has 0 spiro atoms. The predicted octanol–water partition coefficient (Wildman–Crippen LogP) is 2.13. The topological polar surface area (TPSA) is 9.23 Å². The maximum atomic E-state index is 5.55. The molecule has 0 unspecified atom stereocenters. The van der Waals surface area contributed by atoms with E-state index in [9.17, 15) is 0 Å². The maximum Gasteiger partial charge on any atom is 0.0757 e. The molecule has 0 fully saturated rings. The van der Waals surface area contributed by atoms with Crippen molar-refractivity contribution in [3.05, 3.63) is 12.2 Å². The van der Waals surface area contributed by atoms with Crippen LogP contribution in [0.25, 0.3) is 0 Å². The lowest BCUT2D eigenvalue weighted by Crippen LogP contribution is -2.20. The van der Waals surface area contributed by atoms with Gasteiger partial charge < -0.3 is 4.74 Å². The fraction of sp³-hybridized carbons (Fsp3) is 0.750. The largest absolute Gasteiger partial charge is 0.371 e. The Morgan fingerprint density at radius 1 is 1.67 bits per heavy atom. The van der Waals surface area contributed by atoms with Gasteiger partial charge in [-0.1, -0.05) is 19.1 Å². The molecule has 1 aliphatic rings. The van der Waals surface area contributed by atoms with Gasteiger partial charge in [0.1, 0.15) is 0 Å². The van der Waals surface area contributed by atoms with Gasteiger partial charge in [0.15, 0.2) is 0 Å². The summed E-state index contributed by atoms with van der Waals surface area (Å²) in [5, 5.41) is 0. The molecule has 1 heteroatoms. The second-order valence-electron chi connectivity index (χ2n) is 2.56. The van der Waals surface area contributed by atoms with Crippen LogP contribution < -0.4 is 0 Å². The first-order valence-corrected chi connectivity index (χ1v) is 3.65. The van der Waals surface area contributed by atoms with E-state index in [0.717, 1.165) is 12.8 Å². The fourth-order valence-electron chi connectivity index (χ4n) is 1.05. The molecule has 0 N–H and O–H groups in total. The van der Waals surface area contributed by atoms with E-state index in [1.807, 2.05) is 0 Å². The smallest absolute Gasteiger partial charge is 0.0757 e. The van der Waals surface area contributed by atoms with Crippen LogP contribution in [0.3, 0.4) is 0 Å². The van der Waals surface area contributed by atoms with Gasteiger partial charge in [-0.05, 0) is 19.8 Å². The van der Waals surface area contributed by atoms with Gasteiger partial charge in [-0.25, -0.2) is 0 Å². The van der Waals surface area contributed by atoms with E-state index in [0.29, 0.717) is 12.2 Å². The van der Waals surface area contributed by atoms with Gasteiger partial charge in [-0.2, -0.15) is 0 Å². The Labute approximate surface area is 56.7 Å². The number of hydrogen-bond acceptors (Lipinski definition) is 1. The summed E-state index contributed by atoms with van der Waals surface area (Å²) in [7, 11) is 0. The van der Waals surface area contributed by atoms with Crippen LogP contribution in [0.15, 0.2) is 12.2 Å². The molecule has 1 rings (SSSR count). The zero-order valence-electron chi connectivity index (χ0n) is 6.13. The molecule has 0 aromatic carbocycles. The van der Waals surface area contributed by atoms with Crippen molar-refractivity contribution in [3.63, 3.8) is 0 Å². The highest BCUT2D eigenvalue weighted by Gasteiger charge is 2.10. The predicted molar refractivity (Wildman–Crippen MR) is 38.4 cm³/mol. The van der Waals surface area contributed by atoms with Crippen LogP contribution in [0.4, 0.5) is 0 Å². The maximum absolute atomic E-state index is 5.55. The van der Waals surface area contributed by atoms with Crippen molar-refractivity contribution in [3.8, 4) is 0 Å². The SMILES string of the molecule is CC[C@@H]1C=CC[C@@H](C)O1. The van der Waals surface area contributed by atoms with E-state index in [1.165, 1.54) is 0 Å². The quantitative estimate of drug-likeness (QED) is 0.489. The number of ether oxygens (including phenoxy) is 1. The molecular formula is C8H14O. The van der Waals surface area contributed by atoms with Gasteiger partial charge in [0.25, 0.3) is 0 Å². The lowest BCUT2D eigenvalue weighted by atomic mass is 10.1. The minimum Gasteiger partial charge on any atom is -0.371 e. The minimum absolute atomic E-state index is 0.383. The van der Waals surface area contributed by atoms with Crippen LogP contribution in [-0.2, 0) is 4.74 Å². The summed E-state index contributed by atoms with van der Waals surface area (Å²) in [4.78, 5) is 0. The molecule has 0 aromatic heterocycles. The Balaban J connectivity index is 2.39. The van der Waals surface area contributed by atoms with Crippen LogP contribution in [0.1, 0.15) is 26.7 Å². The monoisotopic (exact) mass is 126 g/mol. The van der Waals surface area contributed by atoms with Crippen molar-refractivity contribution in [1.29, 1.82) is 0 Å². The first kappa shape index (κ1) is 6.81. The summed E-state index contributed by atoms with van der Waals surface area (Å²) in [5.74, 6) is 0. The van der Waals surface area contributed by atoms with Gasteiger partial charge in [0.2, 0.25) is 0 Å². The summed E-state index contributed by atoms with van der Waals surface area (Å²) < 4.78 is 5.55. The average Bonchev–Trinajstić information content (AvgIpc) is 1.88. The molecule has 1 aliphatic heterocycles. The van der Waals surface area contributed by atoms with Crippen LogP contribution in [-0.4, -0.2) is 12.2 Å². The van der Waals surface area contributed by atoms with Crippen molar-refractivity contribution >= 4 is 0 Å². The van der Waals surface area contributed by atoms with Gasteiger partial charge >= 0.3 is 0 Å². The van der Waals surface area contributed by atoms with E-state index in [4.69, 9.17) is 4.74 Å². The highest BCUT2D eigenvalue weighted by Crippen LogP contribution is 2.13. The summed E-state index contributed by atoms with van der Waals surface area (Å²) in [6, 6.07) is 0. The Bertz CT molecular complexity index is 107. The summed E-state index contributed by atoms with van der Waals surface area (Å²) in [6.07, 6.45) is 7.35. The molecule has 0 bridgehead atoms. The normalized spacial score (nSPS) is 34.9. The first-order valence-electron chi connectivity index (χ1n) is 3.65. The van der Waals surface area contributed by atoms with E-state index in [1.54, 1.807) is 0 Å². The molecule has 0 saturated carbocycles. The molecule has 0 saturated heterocycles. The van der Waals surface area contributed by atoms with Crippen molar-refractivity contribution in [1.82, 2.24) is 0 Å². The molecule has 1 heterocycles. The standard InChI is InChI=1S/C8H14O/c1-3-8-6-4-5-7(2)9-8/h4,6-8H,3,5H2,1-2H3/t7-,8-/m1/s1. The van der Waals surface area contributed by atoms with E-state index in [-0.39, 0.29) is 0 Å². The summed E-state index contributed by atoms with van der Waals surface area (Å²) in [6.45, 7) is 4.26. The molecule has 2 atom stereocenters. The van der Waals surface area contributed by atoms with Crippen LogP contribution in [0.2, 0.25) is 0 Å². The Kier molecular flexibility index (Phi) is 2.29. The van der Waals surface area contributed by atoms with Crippen molar-refractivity contribution in [2.45, 2.75) is 38.9 Å². The molecule has 0 aromatic rings.